The second kappa shape index (κ2) is 6.23. The molecule has 1 heterocycles. The molecule has 0 aromatic heterocycles. The summed E-state index contributed by atoms with van der Waals surface area (Å²) in [5, 5.41) is 9.00. The van der Waals surface area contributed by atoms with Gasteiger partial charge in [0.25, 0.3) is 0 Å². The molecule has 1 fully saturated rings. The van der Waals surface area contributed by atoms with E-state index in [9.17, 15) is 4.79 Å². The van der Waals surface area contributed by atoms with E-state index in [2.05, 4.69) is 19.9 Å². The van der Waals surface area contributed by atoms with Crippen LogP contribution in [0.5, 0.6) is 0 Å². The highest BCUT2D eigenvalue weighted by molar-refractivity contribution is 5.70. The maximum atomic E-state index is 12.6. The molecule has 5 nitrogen and oxygen atoms in total. The van der Waals surface area contributed by atoms with E-state index in [1.165, 1.54) is 0 Å². The fourth-order valence-corrected chi connectivity index (χ4v) is 2.75. The molecule has 0 unspecified atom stereocenters. The number of carbonyl (C=O) groups excluding carboxylic acids is 1. The van der Waals surface area contributed by atoms with Gasteiger partial charge in [0.2, 0.25) is 0 Å². The van der Waals surface area contributed by atoms with Crippen LogP contribution < -0.4 is 0 Å². The first kappa shape index (κ1) is 17.8. The van der Waals surface area contributed by atoms with E-state index >= 15 is 0 Å². The molecule has 2 atom stereocenters. The lowest BCUT2D eigenvalue weighted by Crippen LogP contribution is -2.50. The molecule has 0 bridgehead atoms. The first-order valence-electron chi connectivity index (χ1n) is 7.55. The van der Waals surface area contributed by atoms with Crippen molar-refractivity contribution >= 4 is 6.09 Å². The van der Waals surface area contributed by atoms with E-state index < -0.39 is 11.3 Å². The highest BCUT2D eigenvalue weighted by Gasteiger charge is 2.50. The summed E-state index contributed by atoms with van der Waals surface area (Å²) in [5.74, 6) is 0.402. The Balaban J connectivity index is 3.04. The number of nitrogens with zero attached hydrogens (tertiary/aromatic N) is 2. The van der Waals surface area contributed by atoms with Gasteiger partial charge in [-0.2, -0.15) is 5.26 Å². The van der Waals surface area contributed by atoms with E-state index in [0.29, 0.717) is 5.92 Å². The first-order chi connectivity index (χ1) is 9.48. The van der Waals surface area contributed by atoms with Crippen LogP contribution in [0.4, 0.5) is 4.79 Å². The summed E-state index contributed by atoms with van der Waals surface area (Å²) in [7, 11) is 0. The minimum Gasteiger partial charge on any atom is -0.444 e. The predicted molar refractivity (Wildman–Crippen MR) is 80.5 cm³/mol. The van der Waals surface area contributed by atoms with Crippen molar-refractivity contribution in [1.82, 2.24) is 4.90 Å². The second-order valence-electron chi connectivity index (χ2n) is 7.51. The van der Waals surface area contributed by atoms with Crippen LogP contribution in [-0.2, 0) is 9.47 Å². The molecule has 1 amide bonds. The molecule has 1 saturated heterocycles. The van der Waals surface area contributed by atoms with Crippen molar-refractivity contribution in [2.45, 2.75) is 84.8 Å². The maximum absolute atomic E-state index is 12.6. The van der Waals surface area contributed by atoms with Crippen LogP contribution in [0, 0.1) is 17.2 Å². The second-order valence-corrected chi connectivity index (χ2v) is 7.51. The lowest BCUT2D eigenvalue weighted by atomic mass is 9.97. The standard InChI is InChI=1S/C16H28N2O3/c1-11(2)10-12-13(8-9-17)20-16(6,7)18(12)14(19)21-15(3,4)5/h11-13H,8,10H2,1-7H3/t12-,13-/m1/s1. The molecule has 0 saturated carbocycles. The molecule has 0 aliphatic carbocycles. The van der Waals surface area contributed by atoms with Crippen molar-refractivity contribution in [1.29, 1.82) is 5.26 Å². The minimum absolute atomic E-state index is 0.130. The first-order valence-corrected chi connectivity index (χ1v) is 7.55. The van der Waals surface area contributed by atoms with Crippen molar-refractivity contribution in [3.63, 3.8) is 0 Å². The zero-order chi connectivity index (χ0) is 16.4. The summed E-state index contributed by atoms with van der Waals surface area (Å²) < 4.78 is 11.5. The predicted octanol–water partition coefficient (Wildman–Crippen LogP) is 3.69. The number of ether oxygens (including phenoxy) is 2. The van der Waals surface area contributed by atoms with E-state index in [1.54, 1.807) is 4.90 Å². The molecule has 0 spiro atoms. The van der Waals surface area contributed by atoms with Crippen LogP contribution in [0.3, 0.4) is 0 Å². The van der Waals surface area contributed by atoms with Crippen molar-refractivity contribution < 1.29 is 14.3 Å². The number of hydrogen-bond acceptors (Lipinski definition) is 4. The number of nitriles is 1. The van der Waals surface area contributed by atoms with Gasteiger partial charge >= 0.3 is 6.09 Å². The Morgan fingerprint density at radius 1 is 1.43 bits per heavy atom. The van der Waals surface area contributed by atoms with Gasteiger partial charge in [0.1, 0.15) is 11.3 Å². The topological polar surface area (TPSA) is 62.6 Å². The highest BCUT2D eigenvalue weighted by Crippen LogP contribution is 2.37. The molecule has 1 rings (SSSR count). The molecule has 1 aliphatic rings. The molecular weight excluding hydrogens is 268 g/mol. The largest absolute Gasteiger partial charge is 0.444 e. The average molecular weight is 296 g/mol. The normalized spacial score (nSPS) is 25.0. The Kier molecular flexibility index (Phi) is 5.27. The number of hydrogen-bond donors (Lipinski definition) is 0. The summed E-state index contributed by atoms with van der Waals surface area (Å²) in [6.07, 6.45) is 0.424. The third-order valence-corrected chi connectivity index (χ3v) is 3.38. The Labute approximate surface area is 128 Å². The molecule has 120 valence electrons. The summed E-state index contributed by atoms with van der Waals surface area (Å²) in [6, 6.07) is 2.02. The van der Waals surface area contributed by atoms with E-state index in [-0.39, 0.29) is 24.7 Å². The van der Waals surface area contributed by atoms with Crippen LogP contribution in [0.2, 0.25) is 0 Å². The van der Waals surface area contributed by atoms with Crippen LogP contribution in [-0.4, -0.2) is 34.5 Å². The lowest BCUT2D eigenvalue weighted by Gasteiger charge is -2.35. The van der Waals surface area contributed by atoms with Crippen LogP contribution in [0.1, 0.15) is 61.3 Å². The summed E-state index contributed by atoms with van der Waals surface area (Å²) >= 11 is 0. The zero-order valence-electron chi connectivity index (χ0n) is 14.3. The third kappa shape index (κ3) is 4.60. The van der Waals surface area contributed by atoms with Gasteiger partial charge in [-0.25, -0.2) is 4.79 Å². The Hall–Kier alpha value is -1.28. The van der Waals surface area contributed by atoms with Gasteiger partial charge in [0, 0.05) is 0 Å². The minimum atomic E-state index is -0.761. The Bertz CT molecular complexity index is 418. The number of carbonyl (C=O) groups is 1. The summed E-state index contributed by atoms with van der Waals surface area (Å²) in [5.41, 5.74) is -1.31. The van der Waals surface area contributed by atoms with E-state index in [1.807, 2.05) is 34.6 Å². The summed E-state index contributed by atoms with van der Waals surface area (Å²) in [6.45, 7) is 13.4. The molecule has 0 N–H and O–H groups in total. The van der Waals surface area contributed by atoms with Gasteiger partial charge in [-0.15, -0.1) is 0 Å². The fraction of sp³-hybridized carbons (Fsp3) is 0.875. The van der Waals surface area contributed by atoms with E-state index in [0.717, 1.165) is 6.42 Å². The third-order valence-electron chi connectivity index (χ3n) is 3.38. The smallest absolute Gasteiger partial charge is 0.412 e. The molecule has 5 heteroatoms. The highest BCUT2D eigenvalue weighted by atomic mass is 16.6. The monoisotopic (exact) mass is 296 g/mol. The Morgan fingerprint density at radius 2 is 2.00 bits per heavy atom. The van der Waals surface area contributed by atoms with Gasteiger partial charge < -0.3 is 9.47 Å². The molecular formula is C16H28N2O3. The van der Waals surface area contributed by atoms with E-state index in [4.69, 9.17) is 14.7 Å². The average Bonchev–Trinajstić information content (AvgIpc) is 2.46. The van der Waals surface area contributed by atoms with Gasteiger partial charge in [-0.3, -0.25) is 4.90 Å². The van der Waals surface area contributed by atoms with Crippen molar-refractivity contribution in [3.8, 4) is 6.07 Å². The summed E-state index contributed by atoms with van der Waals surface area (Å²) in [4.78, 5) is 14.2. The molecule has 0 radical (unpaired) electrons. The van der Waals surface area contributed by atoms with Crippen molar-refractivity contribution in [3.05, 3.63) is 0 Å². The number of amides is 1. The Morgan fingerprint density at radius 3 is 2.43 bits per heavy atom. The van der Waals surface area contributed by atoms with Crippen molar-refractivity contribution in [2.75, 3.05) is 0 Å². The fourth-order valence-electron chi connectivity index (χ4n) is 2.75. The lowest BCUT2D eigenvalue weighted by molar-refractivity contribution is -0.0779. The SMILES string of the molecule is CC(C)C[C@@H]1[C@@H](CC#N)OC(C)(C)N1C(=O)OC(C)(C)C. The zero-order valence-corrected chi connectivity index (χ0v) is 14.3. The number of rotatable bonds is 3. The molecule has 0 aromatic rings. The van der Waals surface area contributed by atoms with Crippen LogP contribution >= 0.6 is 0 Å². The molecule has 0 aromatic carbocycles. The maximum Gasteiger partial charge on any atom is 0.412 e. The van der Waals surface area contributed by atoms with Crippen molar-refractivity contribution in [2.24, 2.45) is 5.92 Å². The van der Waals surface area contributed by atoms with Gasteiger partial charge in [-0.1, -0.05) is 13.8 Å². The van der Waals surface area contributed by atoms with Crippen LogP contribution in [0.25, 0.3) is 0 Å². The molecule has 21 heavy (non-hydrogen) atoms. The quantitative estimate of drug-likeness (QED) is 0.797. The van der Waals surface area contributed by atoms with Gasteiger partial charge in [0.05, 0.1) is 24.6 Å². The van der Waals surface area contributed by atoms with Gasteiger partial charge in [-0.05, 0) is 47.0 Å². The van der Waals surface area contributed by atoms with Crippen LogP contribution in [0.15, 0.2) is 0 Å². The molecule has 1 aliphatic heterocycles. The van der Waals surface area contributed by atoms with Gasteiger partial charge in [0.15, 0.2) is 0 Å².